The highest BCUT2D eigenvalue weighted by atomic mass is 32.2. The average Bonchev–Trinajstić information content (AvgIpc) is 2.78. The van der Waals surface area contributed by atoms with Crippen molar-refractivity contribution in [2.75, 3.05) is 23.4 Å². The molecule has 1 aliphatic rings. The second-order valence-corrected chi connectivity index (χ2v) is 7.55. The van der Waals surface area contributed by atoms with Gasteiger partial charge in [-0.1, -0.05) is 0 Å². The number of rotatable bonds is 5. The minimum absolute atomic E-state index is 0.0855. The van der Waals surface area contributed by atoms with E-state index in [0.29, 0.717) is 24.3 Å². The van der Waals surface area contributed by atoms with E-state index in [1.54, 1.807) is 31.2 Å². The Bertz CT molecular complexity index is 651. The van der Waals surface area contributed by atoms with Crippen LogP contribution in [0.25, 0.3) is 0 Å². The van der Waals surface area contributed by atoms with E-state index in [0.717, 1.165) is 0 Å². The molecule has 1 saturated heterocycles. The van der Waals surface area contributed by atoms with Gasteiger partial charge < -0.3 is 10.1 Å². The molecule has 0 radical (unpaired) electrons. The van der Waals surface area contributed by atoms with Gasteiger partial charge in [0, 0.05) is 12.1 Å². The van der Waals surface area contributed by atoms with Crippen molar-refractivity contribution in [1.29, 1.82) is 0 Å². The Morgan fingerprint density at radius 1 is 1.27 bits per heavy atom. The summed E-state index contributed by atoms with van der Waals surface area (Å²) in [6.45, 7) is 2.04. The third-order valence-corrected chi connectivity index (χ3v) is 5.32. The number of hydrogen-bond acceptors (Lipinski definition) is 5. The fourth-order valence-corrected chi connectivity index (χ4v) is 4.27. The number of sulfone groups is 1. The standard InChI is InChI=1S/C15H19NO5S/c1-2-21-15(18)12-3-5-13(6-4-12)16-14(17)9-11-7-8-22(19,20)10-11/h3-6,11H,2,7-10H2,1H3,(H,16,17)/t11-/m0/s1. The van der Waals surface area contributed by atoms with Gasteiger partial charge >= 0.3 is 5.97 Å². The zero-order valence-corrected chi connectivity index (χ0v) is 13.2. The van der Waals surface area contributed by atoms with Crippen LogP contribution in [0.3, 0.4) is 0 Å². The van der Waals surface area contributed by atoms with Gasteiger partial charge in [-0.2, -0.15) is 0 Å². The summed E-state index contributed by atoms with van der Waals surface area (Å²) in [5.74, 6) is -0.479. The lowest BCUT2D eigenvalue weighted by Gasteiger charge is -2.09. The lowest BCUT2D eigenvalue weighted by atomic mass is 10.0. The first-order valence-electron chi connectivity index (χ1n) is 7.17. The van der Waals surface area contributed by atoms with Gasteiger partial charge in [0.25, 0.3) is 0 Å². The summed E-state index contributed by atoms with van der Waals surface area (Å²) in [4.78, 5) is 23.4. The fourth-order valence-electron chi connectivity index (χ4n) is 2.41. The van der Waals surface area contributed by atoms with Crippen LogP contribution in [0, 0.1) is 5.92 Å². The summed E-state index contributed by atoms with van der Waals surface area (Å²) < 4.78 is 27.6. The van der Waals surface area contributed by atoms with Gasteiger partial charge in [0.15, 0.2) is 9.84 Å². The smallest absolute Gasteiger partial charge is 0.338 e. The zero-order chi connectivity index (χ0) is 16.2. The van der Waals surface area contributed by atoms with Crippen LogP contribution in [0.5, 0.6) is 0 Å². The van der Waals surface area contributed by atoms with E-state index in [1.165, 1.54) is 0 Å². The number of amides is 1. The van der Waals surface area contributed by atoms with Crippen LogP contribution >= 0.6 is 0 Å². The lowest BCUT2D eigenvalue weighted by molar-refractivity contribution is -0.116. The third kappa shape index (κ3) is 4.56. The van der Waals surface area contributed by atoms with E-state index >= 15 is 0 Å². The maximum absolute atomic E-state index is 11.9. The lowest BCUT2D eigenvalue weighted by Crippen LogP contribution is -2.17. The second kappa shape index (κ2) is 6.91. The minimum Gasteiger partial charge on any atom is -0.462 e. The molecule has 0 spiro atoms. The van der Waals surface area contributed by atoms with Gasteiger partial charge in [-0.3, -0.25) is 4.79 Å². The number of esters is 1. The third-order valence-electron chi connectivity index (χ3n) is 3.48. The summed E-state index contributed by atoms with van der Waals surface area (Å²) in [6.07, 6.45) is 0.733. The van der Waals surface area contributed by atoms with Crippen molar-refractivity contribution in [2.45, 2.75) is 19.8 Å². The first-order valence-corrected chi connectivity index (χ1v) is 8.99. The van der Waals surface area contributed by atoms with E-state index in [2.05, 4.69) is 5.32 Å². The number of nitrogens with one attached hydrogen (secondary N) is 1. The van der Waals surface area contributed by atoms with Crippen LogP contribution in [0.2, 0.25) is 0 Å². The Morgan fingerprint density at radius 3 is 2.50 bits per heavy atom. The number of carbonyl (C=O) groups is 2. The molecule has 1 atom stereocenters. The molecule has 6 nitrogen and oxygen atoms in total. The minimum atomic E-state index is -2.97. The van der Waals surface area contributed by atoms with Crippen LogP contribution in [0.1, 0.15) is 30.1 Å². The predicted molar refractivity (Wildman–Crippen MR) is 82.4 cm³/mol. The molecule has 22 heavy (non-hydrogen) atoms. The largest absolute Gasteiger partial charge is 0.462 e. The highest BCUT2D eigenvalue weighted by Gasteiger charge is 2.29. The highest BCUT2D eigenvalue weighted by Crippen LogP contribution is 2.22. The fraction of sp³-hybridized carbons (Fsp3) is 0.467. The molecule has 0 bridgehead atoms. The molecule has 2 rings (SSSR count). The van der Waals surface area contributed by atoms with Crippen LogP contribution in [-0.4, -0.2) is 38.4 Å². The van der Waals surface area contributed by atoms with Gasteiger partial charge in [0.2, 0.25) is 5.91 Å². The van der Waals surface area contributed by atoms with Gasteiger partial charge in [-0.05, 0) is 43.5 Å². The van der Waals surface area contributed by atoms with E-state index in [1.807, 2.05) is 0 Å². The summed E-state index contributed by atoms with van der Waals surface area (Å²) in [5, 5.41) is 2.71. The summed E-state index contributed by atoms with van der Waals surface area (Å²) in [6, 6.07) is 6.40. The van der Waals surface area contributed by atoms with E-state index in [-0.39, 0.29) is 29.8 Å². The van der Waals surface area contributed by atoms with Gasteiger partial charge in [-0.15, -0.1) is 0 Å². The molecule has 7 heteroatoms. The predicted octanol–water partition coefficient (Wildman–Crippen LogP) is 1.63. The average molecular weight is 325 g/mol. The van der Waals surface area contributed by atoms with E-state index < -0.39 is 15.8 Å². The molecule has 0 aliphatic carbocycles. The number of ether oxygens (including phenoxy) is 1. The summed E-state index contributed by atoms with van der Waals surface area (Å²) >= 11 is 0. The number of anilines is 1. The molecule has 1 aliphatic heterocycles. The van der Waals surface area contributed by atoms with Crippen molar-refractivity contribution < 1.29 is 22.7 Å². The van der Waals surface area contributed by atoms with Gasteiger partial charge in [0.05, 0.1) is 23.7 Å². The maximum atomic E-state index is 11.9. The normalized spacial score (nSPS) is 19.6. The number of benzene rings is 1. The van der Waals surface area contributed by atoms with Crippen molar-refractivity contribution in [3.8, 4) is 0 Å². The Morgan fingerprint density at radius 2 is 1.95 bits per heavy atom. The molecule has 1 N–H and O–H groups in total. The monoisotopic (exact) mass is 325 g/mol. The van der Waals surface area contributed by atoms with Gasteiger partial charge in [-0.25, -0.2) is 13.2 Å². The van der Waals surface area contributed by atoms with Crippen molar-refractivity contribution in [2.24, 2.45) is 5.92 Å². The van der Waals surface area contributed by atoms with E-state index in [9.17, 15) is 18.0 Å². The molecule has 1 aromatic rings. The van der Waals surface area contributed by atoms with Crippen LogP contribution in [0.4, 0.5) is 5.69 Å². The molecule has 1 aromatic carbocycles. The highest BCUT2D eigenvalue weighted by molar-refractivity contribution is 7.91. The summed E-state index contributed by atoms with van der Waals surface area (Å²) in [7, 11) is -2.97. The first-order chi connectivity index (χ1) is 10.4. The van der Waals surface area contributed by atoms with Gasteiger partial charge in [0.1, 0.15) is 0 Å². The van der Waals surface area contributed by atoms with Crippen LogP contribution in [0.15, 0.2) is 24.3 Å². The van der Waals surface area contributed by atoms with Crippen molar-refractivity contribution in [1.82, 2.24) is 0 Å². The number of carbonyl (C=O) groups excluding carboxylic acids is 2. The summed E-state index contributed by atoms with van der Waals surface area (Å²) in [5.41, 5.74) is 0.987. The molecule has 0 unspecified atom stereocenters. The molecular formula is C15H19NO5S. The van der Waals surface area contributed by atoms with Crippen LogP contribution < -0.4 is 5.32 Å². The van der Waals surface area contributed by atoms with E-state index in [4.69, 9.17) is 4.74 Å². The topological polar surface area (TPSA) is 89.5 Å². The number of hydrogen-bond donors (Lipinski definition) is 1. The zero-order valence-electron chi connectivity index (χ0n) is 12.4. The molecule has 120 valence electrons. The first kappa shape index (κ1) is 16.5. The van der Waals surface area contributed by atoms with Crippen molar-refractivity contribution >= 4 is 27.4 Å². The Balaban J connectivity index is 1.88. The molecule has 1 amide bonds. The molecule has 1 heterocycles. The Kier molecular flexibility index (Phi) is 5.18. The van der Waals surface area contributed by atoms with Crippen LogP contribution in [-0.2, 0) is 19.4 Å². The Hall–Kier alpha value is -1.89. The van der Waals surface area contributed by atoms with Crippen molar-refractivity contribution in [3.05, 3.63) is 29.8 Å². The molecule has 0 saturated carbocycles. The Labute approximate surface area is 129 Å². The SMILES string of the molecule is CCOC(=O)c1ccc(NC(=O)C[C@@H]2CCS(=O)(=O)C2)cc1. The molecule has 0 aromatic heterocycles. The maximum Gasteiger partial charge on any atom is 0.338 e. The van der Waals surface area contributed by atoms with Crippen molar-refractivity contribution in [3.63, 3.8) is 0 Å². The quantitative estimate of drug-likeness (QED) is 0.831. The second-order valence-electron chi connectivity index (χ2n) is 5.32. The molecule has 1 fully saturated rings. The molecular weight excluding hydrogens is 306 g/mol.